The first-order valence-corrected chi connectivity index (χ1v) is 5.85. The predicted octanol–water partition coefficient (Wildman–Crippen LogP) is 0.0153. The fourth-order valence-electron chi connectivity index (χ4n) is 2.21. The van der Waals surface area contributed by atoms with Gasteiger partial charge in [-0.3, -0.25) is 9.59 Å². The van der Waals surface area contributed by atoms with Gasteiger partial charge in [-0.15, -0.1) is 0 Å². The molecule has 2 fully saturated rings. The summed E-state index contributed by atoms with van der Waals surface area (Å²) in [6.45, 7) is 6.14. The quantitative estimate of drug-likeness (QED) is 0.689. The van der Waals surface area contributed by atoms with Crippen LogP contribution in [0.5, 0.6) is 0 Å². The molecule has 0 spiro atoms. The smallest absolute Gasteiger partial charge is 0.319 e. The van der Waals surface area contributed by atoms with E-state index in [1.807, 2.05) is 0 Å². The van der Waals surface area contributed by atoms with Crippen molar-refractivity contribution in [3.05, 3.63) is 0 Å². The van der Waals surface area contributed by atoms with Crippen LogP contribution in [0.15, 0.2) is 0 Å². The zero-order valence-electron chi connectivity index (χ0n) is 9.61. The van der Waals surface area contributed by atoms with Crippen molar-refractivity contribution >= 4 is 11.9 Å². The lowest BCUT2D eigenvalue weighted by Gasteiger charge is -2.35. The molecule has 5 nitrogen and oxygen atoms in total. The summed E-state index contributed by atoms with van der Waals surface area (Å²) in [5, 5.41) is 9.05. The lowest BCUT2D eigenvalue weighted by molar-refractivity contribution is -0.154. The number of hydrogen-bond acceptors (Lipinski definition) is 3. The number of aliphatic carboxylic acids is 1. The SMILES string of the molecule is CCN1CCN(C(=O)C2(C(=O)O)CC2)CC1. The van der Waals surface area contributed by atoms with Gasteiger partial charge < -0.3 is 14.9 Å². The second-order valence-corrected chi connectivity index (χ2v) is 4.61. The van der Waals surface area contributed by atoms with Crippen LogP contribution in [0, 0.1) is 5.41 Å². The number of hydrogen-bond donors (Lipinski definition) is 1. The Bertz CT molecular complexity index is 304. The van der Waals surface area contributed by atoms with Crippen molar-refractivity contribution in [3.63, 3.8) is 0 Å². The molecule has 0 unspecified atom stereocenters. The highest BCUT2D eigenvalue weighted by atomic mass is 16.4. The van der Waals surface area contributed by atoms with Crippen molar-refractivity contribution < 1.29 is 14.7 Å². The maximum absolute atomic E-state index is 12.0. The van der Waals surface area contributed by atoms with E-state index in [1.165, 1.54) is 0 Å². The summed E-state index contributed by atoms with van der Waals surface area (Å²) in [7, 11) is 0. The van der Waals surface area contributed by atoms with Crippen molar-refractivity contribution in [2.45, 2.75) is 19.8 Å². The second kappa shape index (κ2) is 4.05. The second-order valence-electron chi connectivity index (χ2n) is 4.61. The number of rotatable bonds is 3. The topological polar surface area (TPSA) is 60.9 Å². The first-order valence-electron chi connectivity index (χ1n) is 5.85. The number of amides is 1. The average Bonchev–Trinajstić information content (AvgIpc) is 3.09. The first-order chi connectivity index (χ1) is 7.60. The summed E-state index contributed by atoms with van der Waals surface area (Å²) in [6.07, 6.45) is 1.02. The van der Waals surface area contributed by atoms with E-state index in [1.54, 1.807) is 4.90 Å². The number of carbonyl (C=O) groups is 2. The fourth-order valence-corrected chi connectivity index (χ4v) is 2.21. The molecule has 5 heteroatoms. The van der Waals surface area contributed by atoms with Crippen molar-refractivity contribution in [1.82, 2.24) is 9.80 Å². The minimum Gasteiger partial charge on any atom is -0.480 e. The van der Waals surface area contributed by atoms with Gasteiger partial charge in [-0.1, -0.05) is 6.92 Å². The van der Waals surface area contributed by atoms with E-state index in [0.717, 1.165) is 19.6 Å². The van der Waals surface area contributed by atoms with Gasteiger partial charge in [0.15, 0.2) is 0 Å². The van der Waals surface area contributed by atoms with E-state index in [9.17, 15) is 9.59 Å². The summed E-state index contributed by atoms with van der Waals surface area (Å²) in [5.41, 5.74) is -1.06. The highest BCUT2D eigenvalue weighted by Gasteiger charge is 2.58. The average molecular weight is 226 g/mol. The van der Waals surface area contributed by atoms with Crippen molar-refractivity contribution in [3.8, 4) is 0 Å². The lowest BCUT2D eigenvalue weighted by atomic mass is 10.1. The van der Waals surface area contributed by atoms with Crippen LogP contribution in [0.2, 0.25) is 0 Å². The Morgan fingerprint density at radius 3 is 2.12 bits per heavy atom. The third-order valence-electron chi connectivity index (χ3n) is 3.68. The number of carboxylic acids is 1. The minimum atomic E-state index is -1.06. The Labute approximate surface area is 95.0 Å². The van der Waals surface area contributed by atoms with Gasteiger partial charge in [-0.05, 0) is 19.4 Å². The molecule has 1 aliphatic heterocycles. The molecule has 1 amide bonds. The Balaban J connectivity index is 1.95. The van der Waals surface area contributed by atoms with Crippen molar-refractivity contribution in [2.24, 2.45) is 5.41 Å². The summed E-state index contributed by atoms with van der Waals surface area (Å²) in [6, 6.07) is 0. The molecule has 0 aromatic carbocycles. The maximum Gasteiger partial charge on any atom is 0.319 e. The van der Waals surface area contributed by atoms with Crippen LogP contribution in [0.1, 0.15) is 19.8 Å². The molecule has 0 aromatic rings. The Morgan fingerprint density at radius 2 is 1.75 bits per heavy atom. The van der Waals surface area contributed by atoms with Crippen LogP contribution in [0.3, 0.4) is 0 Å². The monoisotopic (exact) mass is 226 g/mol. The molecule has 0 radical (unpaired) electrons. The van der Waals surface area contributed by atoms with E-state index in [4.69, 9.17) is 5.11 Å². The third-order valence-corrected chi connectivity index (χ3v) is 3.68. The Kier molecular flexibility index (Phi) is 2.88. The van der Waals surface area contributed by atoms with Gasteiger partial charge in [-0.25, -0.2) is 0 Å². The number of carbonyl (C=O) groups excluding carboxylic acids is 1. The molecular weight excluding hydrogens is 208 g/mol. The van der Waals surface area contributed by atoms with Crippen LogP contribution >= 0.6 is 0 Å². The highest BCUT2D eigenvalue weighted by molar-refractivity contribution is 6.04. The van der Waals surface area contributed by atoms with Crippen LogP contribution in [-0.4, -0.2) is 59.5 Å². The molecular formula is C11H18N2O3. The molecule has 1 saturated heterocycles. The van der Waals surface area contributed by atoms with Crippen LogP contribution in [-0.2, 0) is 9.59 Å². The van der Waals surface area contributed by atoms with Gasteiger partial charge in [0.1, 0.15) is 5.41 Å². The maximum atomic E-state index is 12.0. The largest absolute Gasteiger partial charge is 0.480 e. The zero-order valence-corrected chi connectivity index (χ0v) is 9.61. The lowest BCUT2D eigenvalue weighted by Crippen LogP contribution is -2.51. The summed E-state index contributed by atoms with van der Waals surface area (Å²) < 4.78 is 0. The van der Waals surface area contributed by atoms with E-state index < -0.39 is 11.4 Å². The number of carboxylic acid groups (broad SMARTS) is 1. The van der Waals surface area contributed by atoms with Gasteiger partial charge in [0, 0.05) is 26.2 Å². The van der Waals surface area contributed by atoms with E-state index in [2.05, 4.69) is 11.8 Å². The highest BCUT2D eigenvalue weighted by Crippen LogP contribution is 2.47. The van der Waals surface area contributed by atoms with Gasteiger partial charge in [0.25, 0.3) is 0 Å². The van der Waals surface area contributed by atoms with E-state index in [0.29, 0.717) is 25.9 Å². The number of nitrogens with zero attached hydrogens (tertiary/aromatic N) is 2. The number of likely N-dealkylation sites (N-methyl/N-ethyl adjacent to an activating group) is 1. The van der Waals surface area contributed by atoms with Gasteiger partial charge in [0.05, 0.1) is 0 Å². The predicted molar refractivity (Wildman–Crippen MR) is 58.0 cm³/mol. The summed E-state index contributed by atoms with van der Waals surface area (Å²) in [5.74, 6) is -1.12. The molecule has 1 N–H and O–H groups in total. The van der Waals surface area contributed by atoms with Crippen LogP contribution in [0.25, 0.3) is 0 Å². The van der Waals surface area contributed by atoms with Crippen LogP contribution < -0.4 is 0 Å². The molecule has 1 heterocycles. The van der Waals surface area contributed by atoms with Crippen molar-refractivity contribution in [1.29, 1.82) is 0 Å². The standard InChI is InChI=1S/C11H18N2O3/c1-2-12-5-7-13(8-6-12)9(14)11(3-4-11)10(15)16/h2-8H2,1H3,(H,15,16). The Morgan fingerprint density at radius 1 is 1.19 bits per heavy atom. The molecule has 1 aliphatic carbocycles. The van der Waals surface area contributed by atoms with Gasteiger partial charge >= 0.3 is 5.97 Å². The van der Waals surface area contributed by atoms with E-state index >= 15 is 0 Å². The molecule has 16 heavy (non-hydrogen) atoms. The molecule has 0 aromatic heterocycles. The molecule has 0 atom stereocenters. The first kappa shape index (κ1) is 11.4. The molecule has 2 aliphatic rings. The Hall–Kier alpha value is -1.10. The van der Waals surface area contributed by atoms with Gasteiger partial charge in [-0.2, -0.15) is 0 Å². The molecule has 1 saturated carbocycles. The van der Waals surface area contributed by atoms with Crippen molar-refractivity contribution in [2.75, 3.05) is 32.7 Å². The fraction of sp³-hybridized carbons (Fsp3) is 0.818. The summed E-state index contributed by atoms with van der Waals surface area (Å²) in [4.78, 5) is 27.1. The number of piperazine rings is 1. The summed E-state index contributed by atoms with van der Waals surface area (Å²) >= 11 is 0. The van der Waals surface area contributed by atoms with E-state index in [-0.39, 0.29) is 5.91 Å². The zero-order chi connectivity index (χ0) is 11.8. The normalized spacial score (nSPS) is 24.2. The molecule has 2 rings (SSSR count). The molecule has 0 bridgehead atoms. The van der Waals surface area contributed by atoms with Crippen LogP contribution in [0.4, 0.5) is 0 Å². The third kappa shape index (κ3) is 1.80. The molecule has 90 valence electrons. The van der Waals surface area contributed by atoms with Gasteiger partial charge in [0.2, 0.25) is 5.91 Å². The minimum absolute atomic E-state index is 0.171.